The Kier molecular flexibility index (Phi) is 2.04. The van der Waals surface area contributed by atoms with Crippen LogP contribution < -0.4 is 0 Å². The molecule has 0 amide bonds. The monoisotopic (exact) mass is 200 g/mol. The molecule has 0 unspecified atom stereocenters. The van der Waals surface area contributed by atoms with Gasteiger partial charge in [-0.1, -0.05) is 0 Å². The van der Waals surface area contributed by atoms with E-state index in [1.807, 2.05) is 0 Å². The van der Waals surface area contributed by atoms with Crippen LogP contribution in [-0.4, -0.2) is 23.3 Å². The molecule has 0 bridgehead atoms. The van der Waals surface area contributed by atoms with Gasteiger partial charge in [-0.25, -0.2) is 0 Å². The minimum Gasteiger partial charge on any atom is -0.285 e. The molecule has 0 aromatic carbocycles. The lowest BCUT2D eigenvalue weighted by molar-refractivity contribution is -0.111. The molecule has 74 valence electrons. The summed E-state index contributed by atoms with van der Waals surface area (Å²) in [7, 11) is 0. The Balaban J connectivity index is 2.80. The molecule has 0 N–H and O–H groups in total. The predicted molar refractivity (Wildman–Crippen MR) is 55.7 cm³/mol. The number of carbonyl (C=O) groups is 2. The maximum absolute atomic E-state index is 11.6. The fraction of sp³-hybridized carbons (Fsp3) is 0.0909. The Labute approximate surface area is 86.4 Å². The van der Waals surface area contributed by atoms with Gasteiger partial charge in [-0.3, -0.25) is 19.6 Å². The van der Waals surface area contributed by atoms with Crippen LogP contribution in [0.25, 0.3) is 5.70 Å². The number of aromatic nitrogens is 1. The van der Waals surface area contributed by atoms with Crippen LogP contribution in [0.1, 0.15) is 23.0 Å². The number of aliphatic imine (C=N–C) groups is 1. The van der Waals surface area contributed by atoms with Crippen molar-refractivity contribution in [2.45, 2.75) is 6.92 Å². The van der Waals surface area contributed by atoms with Gasteiger partial charge in [0.1, 0.15) is 5.69 Å². The third kappa shape index (κ3) is 1.22. The van der Waals surface area contributed by atoms with Gasteiger partial charge in [-0.15, -0.1) is 0 Å². The Morgan fingerprint density at radius 3 is 2.73 bits per heavy atom. The molecule has 4 nitrogen and oxygen atoms in total. The molecule has 0 aliphatic heterocycles. The molecule has 0 atom stereocenters. The smallest absolute Gasteiger partial charge is 0.235 e. The molecule has 0 saturated carbocycles. The second-order valence-electron chi connectivity index (χ2n) is 3.19. The summed E-state index contributed by atoms with van der Waals surface area (Å²) in [5, 5.41) is 0. The van der Waals surface area contributed by atoms with Crippen LogP contribution in [0, 0.1) is 0 Å². The van der Waals surface area contributed by atoms with E-state index >= 15 is 0 Å². The van der Waals surface area contributed by atoms with Gasteiger partial charge in [0, 0.05) is 11.8 Å². The van der Waals surface area contributed by atoms with E-state index in [1.165, 1.54) is 0 Å². The summed E-state index contributed by atoms with van der Waals surface area (Å²) in [6.45, 7) is 4.94. The standard InChI is InChI=1S/C11H8N2O2/c1-6-8(12-2)9-7(4-3-5-13-9)11(15)10(6)14/h3-5H,2H2,1H3. The molecule has 1 heterocycles. The van der Waals surface area contributed by atoms with Crippen molar-refractivity contribution in [2.24, 2.45) is 4.99 Å². The molecule has 2 rings (SSSR count). The number of rotatable bonds is 1. The molecule has 0 fully saturated rings. The largest absolute Gasteiger partial charge is 0.285 e. The number of fused-ring (bicyclic) bond motifs is 1. The highest BCUT2D eigenvalue weighted by Gasteiger charge is 2.30. The quantitative estimate of drug-likeness (QED) is 0.506. The zero-order valence-electron chi connectivity index (χ0n) is 8.15. The van der Waals surface area contributed by atoms with E-state index < -0.39 is 11.6 Å². The maximum atomic E-state index is 11.6. The van der Waals surface area contributed by atoms with Crippen LogP contribution in [0.5, 0.6) is 0 Å². The first-order chi connectivity index (χ1) is 7.16. The second kappa shape index (κ2) is 3.24. The third-order valence-electron chi connectivity index (χ3n) is 2.34. The number of ketones is 2. The first-order valence-electron chi connectivity index (χ1n) is 4.39. The third-order valence-corrected chi connectivity index (χ3v) is 2.34. The van der Waals surface area contributed by atoms with Crippen molar-refractivity contribution in [3.8, 4) is 0 Å². The van der Waals surface area contributed by atoms with Gasteiger partial charge >= 0.3 is 0 Å². The van der Waals surface area contributed by atoms with Gasteiger partial charge in [0.05, 0.1) is 11.3 Å². The zero-order valence-corrected chi connectivity index (χ0v) is 8.15. The van der Waals surface area contributed by atoms with Crippen molar-refractivity contribution < 1.29 is 9.59 Å². The molecule has 1 aliphatic carbocycles. The van der Waals surface area contributed by atoms with E-state index in [1.54, 1.807) is 25.3 Å². The van der Waals surface area contributed by atoms with E-state index in [0.29, 0.717) is 22.5 Å². The van der Waals surface area contributed by atoms with Crippen LogP contribution >= 0.6 is 0 Å². The summed E-state index contributed by atoms with van der Waals surface area (Å²) in [4.78, 5) is 30.9. The minimum absolute atomic E-state index is 0.301. The van der Waals surface area contributed by atoms with Gasteiger partial charge in [0.2, 0.25) is 11.6 Å². The summed E-state index contributed by atoms with van der Waals surface area (Å²) >= 11 is 0. The van der Waals surface area contributed by atoms with E-state index in [4.69, 9.17) is 0 Å². The summed E-state index contributed by atoms with van der Waals surface area (Å²) in [5.74, 6) is -1.05. The number of carbonyl (C=O) groups excluding carboxylic acids is 2. The summed E-state index contributed by atoms with van der Waals surface area (Å²) in [6, 6.07) is 3.19. The molecule has 0 radical (unpaired) electrons. The zero-order chi connectivity index (χ0) is 11.0. The fourth-order valence-corrected chi connectivity index (χ4v) is 1.55. The lowest BCUT2D eigenvalue weighted by Crippen LogP contribution is -2.22. The average molecular weight is 200 g/mol. The van der Waals surface area contributed by atoms with E-state index in [9.17, 15) is 9.59 Å². The topological polar surface area (TPSA) is 59.4 Å². The maximum Gasteiger partial charge on any atom is 0.235 e. The first kappa shape index (κ1) is 9.45. The minimum atomic E-state index is -0.530. The highest BCUT2D eigenvalue weighted by molar-refractivity contribution is 6.52. The molecule has 1 aromatic heterocycles. The van der Waals surface area contributed by atoms with Crippen molar-refractivity contribution in [2.75, 3.05) is 0 Å². The highest BCUT2D eigenvalue weighted by Crippen LogP contribution is 2.27. The van der Waals surface area contributed by atoms with E-state index in [-0.39, 0.29) is 0 Å². The number of hydrogen-bond donors (Lipinski definition) is 0. The van der Waals surface area contributed by atoms with Crippen LogP contribution in [0.4, 0.5) is 0 Å². The van der Waals surface area contributed by atoms with Crippen LogP contribution in [0.15, 0.2) is 28.9 Å². The van der Waals surface area contributed by atoms with Gasteiger partial charge in [-0.2, -0.15) is 0 Å². The summed E-state index contributed by atoms with van der Waals surface area (Å²) in [6.07, 6.45) is 1.56. The average Bonchev–Trinajstić information content (AvgIpc) is 2.27. The highest BCUT2D eigenvalue weighted by atomic mass is 16.2. The van der Waals surface area contributed by atoms with Crippen molar-refractivity contribution in [1.82, 2.24) is 4.98 Å². The molecule has 0 spiro atoms. The van der Waals surface area contributed by atoms with Crippen molar-refractivity contribution in [3.63, 3.8) is 0 Å². The Bertz CT molecular complexity index is 515. The SMILES string of the molecule is C=NC1=C(C)C(=O)C(=O)c2cccnc21. The van der Waals surface area contributed by atoms with Crippen LogP contribution in [-0.2, 0) is 4.79 Å². The molecule has 4 heteroatoms. The van der Waals surface area contributed by atoms with E-state index in [2.05, 4.69) is 16.7 Å². The van der Waals surface area contributed by atoms with Crippen molar-refractivity contribution >= 4 is 24.0 Å². The number of Topliss-reactive ketones (excluding diaryl/α,β-unsaturated/α-hetero) is 2. The Morgan fingerprint density at radius 2 is 2.07 bits per heavy atom. The number of allylic oxidation sites excluding steroid dienone is 1. The fourth-order valence-electron chi connectivity index (χ4n) is 1.55. The van der Waals surface area contributed by atoms with Gasteiger partial charge in [0.15, 0.2) is 0 Å². The van der Waals surface area contributed by atoms with Gasteiger partial charge in [-0.05, 0) is 25.8 Å². The van der Waals surface area contributed by atoms with Crippen molar-refractivity contribution in [1.29, 1.82) is 0 Å². The van der Waals surface area contributed by atoms with Crippen LogP contribution in [0.3, 0.4) is 0 Å². The second-order valence-corrected chi connectivity index (χ2v) is 3.19. The van der Waals surface area contributed by atoms with E-state index in [0.717, 1.165) is 0 Å². The number of pyridine rings is 1. The summed E-state index contributed by atoms with van der Waals surface area (Å²) < 4.78 is 0. The first-order valence-corrected chi connectivity index (χ1v) is 4.39. The lowest BCUT2D eigenvalue weighted by Gasteiger charge is -2.14. The van der Waals surface area contributed by atoms with Gasteiger partial charge in [0.25, 0.3) is 0 Å². The predicted octanol–water partition coefficient (Wildman–Crippen LogP) is 1.28. The molecular weight excluding hydrogens is 192 g/mol. The van der Waals surface area contributed by atoms with Gasteiger partial charge < -0.3 is 0 Å². The molecule has 1 aliphatic rings. The molecular formula is C11H8N2O2. The molecule has 15 heavy (non-hydrogen) atoms. The Morgan fingerprint density at radius 1 is 1.33 bits per heavy atom. The number of hydrogen-bond acceptors (Lipinski definition) is 4. The van der Waals surface area contributed by atoms with Crippen molar-refractivity contribution in [3.05, 3.63) is 35.2 Å². The molecule has 1 aromatic rings. The number of nitrogens with zero attached hydrogens (tertiary/aromatic N) is 2. The Hall–Kier alpha value is -2.10. The van der Waals surface area contributed by atoms with Crippen LogP contribution in [0.2, 0.25) is 0 Å². The summed E-state index contributed by atoms with van der Waals surface area (Å²) in [5.41, 5.74) is 1.45. The normalized spacial score (nSPS) is 15.3. The lowest BCUT2D eigenvalue weighted by atomic mass is 9.92. The molecule has 0 saturated heterocycles.